The zero-order valence-corrected chi connectivity index (χ0v) is 13.3. The van der Waals surface area contributed by atoms with Crippen LogP contribution in [0, 0.1) is 5.82 Å². The van der Waals surface area contributed by atoms with Gasteiger partial charge in [0, 0.05) is 5.56 Å². The van der Waals surface area contributed by atoms with Crippen molar-refractivity contribution >= 4 is 40.4 Å². The molecule has 0 atom stereocenters. The first-order chi connectivity index (χ1) is 10.7. The van der Waals surface area contributed by atoms with Crippen LogP contribution in [0.25, 0.3) is 10.6 Å². The molecule has 0 aliphatic carbocycles. The summed E-state index contributed by atoms with van der Waals surface area (Å²) in [5, 5.41) is 6.04. The van der Waals surface area contributed by atoms with Gasteiger partial charge in [-0.15, -0.1) is 16.4 Å². The lowest BCUT2D eigenvalue weighted by Crippen LogP contribution is -2.06. The van der Waals surface area contributed by atoms with Crippen LogP contribution in [-0.4, -0.2) is 15.6 Å². The number of carbonyl (C=O) groups is 1. The minimum absolute atomic E-state index is 0.146. The summed E-state index contributed by atoms with van der Waals surface area (Å²) in [6, 6.07) is 7.99. The summed E-state index contributed by atoms with van der Waals surface area (Å²) in [4.78, 5) is 13.3. The van der Waals surface area contributed by atoms with Crippen molar-refractivity contribution in [1.29, 1.82) is 0 Å². The zero-order valence-electron chi connectivity index (χ0n) is 11.0. The van der Waals surface area contributed by atoms with Crippen molar-refractivity contribution in [2.45, 2.75) is 6.61 Å². The largest absolute Gasteiger partial charge is 0.456 e. The van der Waals surface area contributed by atoms with Crippen LogP contribution in [0.2, 0.25) is 5.02 Å². The summed E-state index contributed by atoms with van der Waals surface area (Å²) >= 11 is 8.29. The normalized spacial score (nSPS) is 10.6. The summed E-state index contributed by atoms with van der Waals surface area (Å²) in [5.41, 5.74) is 0.622. The van der Waals surface area contributed by atoms with E-state index in [1.54, 1.807) is 6.07 Å². The van der Waals surface area contributed by atoms with E-state index < -0.39 is 11.8 Å². The molecule has 4 nitrogen and oxygen atoms in total. The highest BCUT2D eigenvalue weighted by Gasteiger charge is 2.20. The van der Waals surface area contributed by atoms with Gasteiger partial charge in [0.15, 0.2) is 4.88 Å². The second-order valence-corrected chi connectivity index (χ2v) is 6.31. The molecule has 22 heavy (non-hydrogen) atoms. The van der Waals surface area contributed by atoms with Crippen LogP contribution in [-0.2, 0) is 11.3 Å². The van der Waals surface area contributed by atoms with E-state index in [0.717, 1.165) is 16.4 Å². The highest BCUT2D eigenvalue weighted by Crippen LogP contribution is 2.29. The number of thiophene rings is 1. The maximum atomic E-state index is 13.6. The number of halogens is 2. The highest BCUT2D eigenvalue weighted by molar-refractivity contribution is 7.14. The first-order valence-electron chi connectivity index (χ1n) is 6.13. The molecule has 0 aliphatic rings. The van der Waals surface area contributed by atoms with Gasteiger partial charge in [-0.25, -0.2) is 9.18 Å². The van der Waals surface area contributed by atoms with Crippen molar-refractivity contribution in [3.05, 3.63) is 57.0 Å². The molecule has 8 heteroatoms. The molecule has 0 N–H and O–H groups in total. The van der Waals surface area contributed by atoms with Crippen LogP contribution in [0.1, 0.15) is 15.2 Å². The maximum Gasteiger partial charge on any atom is 0.352 e. The fourth-order valence-corrected chi connectivity index (χ4v) is 3.35. The molecule has 0 saturated heterocycles. The molecule has 3 rings (SSSR count). The Labute approximate surface area is 138 Å². The second-order valence-electron chi connectivity index (χ2n) is 4.20. The van der Waals surface area contributed by atoms with Gasteiger partial charge < -0.3 is 4.74 Å². The average molecular weight is 355 g/mol. The molecular weight excluding hydrogens is 347 g/mol. The second kappa shape index (κ2) is 6.51. The van der Waals surface area contributed by atoms with Crippen LogP contribution in [0.5, 0.6) is 0 Å². The Morgan fingerprint density at radius 3 is 2.91 bits per heavy atom. The number of rotatable bonds is 4. The molecule has 3 aromatic rings. The van der Waals surface area contributed by atoms with E-state index in [2.05, 4.69) is 9.59 Å². The first kappa shape index (κ1) is 15.1. The lowest BCUT2D eigenvalue weighted by atomic mass is 10.2. The number of hydrogen-bond acceptors (Lipinski definition) is 6. The molecule has 0 unspecified atom stereocenters. The monoisotopic (exact) mass is 354 g/mol. The average Bonchev–Trinajstić information content (AvgIpc) is 3.17. The maximum absolute atomic E-state index is 13.6. The Bertz CT molecular complexity index is 785. The third kappa shape index (κ3) is 3.01. The van der Waals surface area contributed by atoms with Crippen LogP contribution in [0.3, 0.4) is 0 Å². The SMILES string of the molecule is O=C(OCc1c(F)cccc1Cl)c1snnc1-c1cccs1. The molecule has 0 spiro atoms. The van der Waals surface area contributed by atoms with Gasteiger partial charge in [0.1, 0.15) is 18.1 Å². The van der Waals surface area contributed by atoms with Crippen LogP contribution < -0.4 is 0 Å². The molecule has 1 aromatic carbocycles. The molecule has 0 radical (unpaired) electrons. The standard InChI is InChI=1S/C14H8ClFN2O2S2/c15-9-3-1-4-10(16)8(9)7-20-14(19)13-12(17-18-22-13)11-5-2-6-21-11/h1-6H,7H2. The fourth-order valence-electron chi connectivity index (χ4n) is 1.77. The van der Waals surface area contributed by atoms with Gasteiger partial charge in [0.25, 0.3) is 0 Å². The van der Waals surface area contributed by atoms with Crippen LogP contribution in [0.15, 0.2) is 35.7 Å². The van der Waals surface area contributed by atoms with Crippen LogP contribution in [0.4, 0.5) is 4.39 Å². The molecule has 0 fully saturated rings. The predicted molar refractivity (Wildman–Crippen MR) is 83.8 cm³/mol. The molecular formula is C14H8ClFN2O2S2. The molecule has 2 heterocycles. The van der Waals surface area contributed by atoms with Crippen molar-refractivity contribution in [3.8, 4) is 10.6 Å². The zero-order chi connectivity index (χ0) is 15.5. The van der Waals surface area contributed by atoms with Crippen molar-refractivity contribution < 1.29 is 13.9 Å². The van der Waals surface area contributed by atoms with Gasteiger partial charge in [-0.2, -0.15) is 0 Å². The van der Waals surface area contributed by atoms with Gasteiger partial charge in [-0.3, -0.25) is 0 Å². The number of carbonyl (C=O) groups excluding carboxylic acids is 1. The number of aromatic nitrogens is 2. The first-order valence-corrected chi connectivity index (χ1v) is 8.16. The molecule has 0 saturated carbocycles. The lowest BCUT2D eigenvalue weighted by Gasteiger charge is -2.06. The van der Waals surface area contributed by atoms with E-state index in [1.165, 1.54) is 23.5 Å². The summed E-state index contributed by atoms with van der Waals surface area (Å²) in [7, 11) is 0. The summed E-state index contributed by atoms with van der Waals surface area (Å²) < 4.78 is 22.6. The van der Waals surface area contributed by atoms with E-state index in [1.807, 2.05) is 17.5 Å². The molecule has 0 amide bonds. The Kier molecular flexibility index (Phi) is 4.47. The number of nitrogens with zero attached hydrogens (tertiary/aromatic N) is 2. The Morgan fingerprint density at radius 2 is 2.18 bits per heavy atom. The quantitative estimate of drug-likeness (QED) is 0.651. The Balaban J connectivity index is 1.78. The van der Waals surface area contributed by atoms with Gasteiger partial charge >= 0.3 is 5.97 Å². The van der Waals surface area contributed by atoms with Gasteiger partial charge in [0.05, 0.1) is 9.90 Å². The van der Waals surface area contributed by atoms with E-state index in [9.17, 15) is 9.18 Å². The summed E-state index contributed by atoms with van der Waals surface area (Å²) in [6.07, 6.45) is 0. The Hall–Kier alpha value is -1.83. The smallest absolute Gasteiger partial charge is 0.352 e. The van der Waals surface area contributed by atoms with Crippen molar-refractivity contribution in [3.63, 3.8) is 0 Å². The molecule has 0 bridgehead atoms. The number of benzene rings is 1. The van der Waals surface area contributed by atoms with Gasteiger partial charge in [0.2, 0.25) is 0 Å². The van der Waals surface area contributed by atoms with E-state index in [0.29, 0.717) is 5.69 Å². The topological polar surface area (TPSA) is 52.1 Å². The van der Waals surface area contributed by atoms with Crippen molar-refractivity contribution in [2.24, 2.45) is 0 Å². The highest BCUT2D eigenvalue weighted by atomic mass is 35.5. The van der Waals surface area contributed by atoms with Gasteiger partial charge in [-0.1, -0.05) is 28.2 Å². The number of esters is 1. The molecule has 2 aromatic heterocycles. The van der Waals surface area contributed by atoms with Crippen molar-refractivity contribution in [1.82, 2.24) is 9.59 Å². The number of ether oxygens (including phenoxy) is 1. The third-order valence-corrected chi connectivity index (χ3v) is 4.77. The molecule has 112 valence electrons. The predicted octanol–water partition coefficient (Wildman–Crippen LogP) is 4.42. The minimum Gasteiger partial charge on any atom is -0.456 e. The van der Waals surface area contributed by atoms with E-state index >= 15 is 0 Å². The minimum atomic E-state index is -0.599. The summed E-state index contributed by atoms with van der Waals surface area (Å²) in [6.45, 7) is -0.244. The lowest BCUT2D eigenvalue weighted by molar-refractivity contribution is 0.0475. The fraction of sp³-hybridized carbons (Fsp3) is 0.0714. The summed E-state index contributed by atoms with van der Waals surface area (Å²) in [5.74, 6) is -1.11. The van der Waals surface area contributed by atoms with E-state index in [-0.39, 0.29) is 22.1 Å². The van der Waals surface area contributed by atoms with Gasteiger partial charge in [-0.05, 0) is 35.1 Å². The van der Waals surface area contributed by atoms with E-state index in [4.69, 9.17) is 16.3 Å². The Morgan fingerprint density at radius 1 is 1.32 bits per heavy atom. The third-order valence-electron chi connectivity index (χ3n) is 2.84. The van der Waals surface area contributed by atoms with Crippen LogP contribution >= 0.6 is 34.5 Å². The van der Waals surface area contributed by atoms with Crippen molar-refractivity contribution in [2.75, 3.05) is 0 Å². The molecule has 0 aliphatic heterocycles. The number of hydrogen-bond donors (Lipinski definition) is 0.